The molecule has 10 heteroatoms. The molecule has 0 aromatic heterocycles. The van der Waals surface area contributed by atoms with Gasteiger partial charge in [-0.2, -0.15) is 30.7 Å². The van der Waals surface area contributed by atoms with Crippen molar-refractivity contribution in [2.24, 2.45) is 5.84 Å². The van der Waals surface area contributed by atoms with Crippen molar-refractivity contribution in [3.63, 3.8) is 0 Å². The van der Waals surface area contributed by atoms with Crippen LogP contribution < -0.4 is 11.3 Å². The fourth-order valence-corrected chi connectivity index (χ4v) is 1.35. The van der Waals surface area contributed by atoms with Gasteiger partial charge in [0.2, 0.25) is 0 Å². The number of nitrogens with two attached hydrogens (primary N) is 1. The zero-order chi connectivity index (χ0) is 16.3. The molecule has 0 aliphatic carbocycles. The highest BCUT2D eigenvalue weighted by Gasteiger charge is 2.72. The van der Waals surface area contributed by atoms with Crippen molar-refractivity contribution in [1.29, 1.82) is 0 Å². The van der Waals surface area contributed by atoms with Gasteiger partial charge in [-0.15, -0.1) is 0 Å². The lowest BCUT2D eigenvalue weighted by molar-refractivity contribution is -0.361. The topological polar surface area (TPSA) is 47.3 Å². The number of rotatable bonds is 6. The molecule has 0 saturated carbocycles. The number of hydrazine groups is 1. The molecular weight excluding hydrogens is 309 g/mol. The van der Waals surface area contributed by atoms with Crippen molar-refractivity contribution in [3.05, 3.63) is 29.8 Å². The number of hydrogen-bond acceptors (Lipinski definition) is 3. The van der Waals surface area contributed by atoms with Gasteiger partial charge < -0.3 is 10.2 Å². The molecule has 0 aliphatic heterocycles. The zero-order valence-corrected chi connectivity index (χ0v) is 10.4. The van der Waals surface area contributed by atoms with E-state index in [1.807, 2.05) is 0 Å². The van der Waals surface area contributed by atoms with Crippen LogP contribution in [0.25, 0.3) is 0 Å². The summed E-state index contributed by atoms with van der Waals surface area (Å²) in [6.45, 7) is -2.64. The summed E-state index contributed by atoms with van der Waals surface area (Å²) in [6, 6.07) is 5.76. The van der Waals surface area contributed by atoms with Crippen LogP contribution in [0.1, 0.15) is 5.56 Å². The maximum absolute atomic E-state index is 12.9. The molecule has 0 radical (unpaired) electrons. The van der Waals surface area contributed by atoms with Gasteiger partial charge in [0.05, 0.1) is 6.61 Å². The lowest BCUT2D eigenvalue weighted by Crippen LogP contribution is -2.54. The molecule has 120 valence electrons. The van der Waals surface area contributed by atoms with E-state index in [0.29, 0.717) is 5.69 Å². The number of halogens is 7. The molecule has 0 spiro atoms. The number of ether oxygens (including phenoxy) is 1. The maximum Gasteiger partial charge on any atom is 0.459 e. The van der Waals surface area contributed by atoms with Gasteiger partial charge in [-0.3, -0.25) is 5.84 Å². The molecule has 0 fully saturated rings. The quantitative estimate of drug-likeness (QED) is 0.480. The summed E-state index contributed by atoms with van der Waals surface area (Å²) in [6.07, 6.45) is -6.36. The van der Waals surface area contributed by atoms with Crippen LogP contribution in [-0.4, -0.2) is 24.6 Å². The van der Waals surface area contributed by atoms with Crippen LogP contribution >= 0.6 is 0 Å². The first-order valence-electron chi connectivity index (χ1n) is 5.47. The molecule has 0 unspecified atom stereocenters. The number of hydrogen-bond donors (Lipinski definition) is 2. The molecule has 0 atom stereocenters. The van der Waals surface area contributed by atoms with Gasteiger partial charge in [0.1, 0.15) is 6.61 Å². The first-order chi connectivity index (χ1) is 9.51. The smallest absolute Gasteiger partial charge is 0.370 e. The van der Waals surface area contributed by atoms with Gasteiger partial charge in [0.25, 0.3) is 0 Å². The molecule has 0 heterocycles. The molecule has 1 aromatic carbocycles. The van der Waals surface area contributed by atoms with Gasteiger partial charge in [-0.05, 0) is 17.7 Å². The van der Waals surface area contributed by atoms with E-state index in [4.69, 9.17) is 5.84 Å². The van der Waals surface area contributed by atoms with E-state index in [1.165, 1.54) is 24.3 Å². The number of alkyl halides is 7. The molecule has 3 N–H and O–H groups in total. The summed E-state index contributed by atoms with van der Waals surface area (Å²) in [4.78, 5) is 0. The Morgan fingerprint density at radius 3 is 2.19 bits per heavy atom. The highest BCUT2D eigenvalue weighted by Crippen LogP contribution is 2.46. The fraction of sp³-hybridized carbons (Fsp3) is 0.455. The normalized spacial score (nSPS) is 13.3. The third kappa shape index (κ3) is 3.97. The third-order valence-electron chi connectivity index (χ3n) is 2.46. The monoisotopic (exact) mass is 320 g/mol. The lowest BCUT2D eigenvalue weighted by Gasteiger charge is -2.27. The van der Waals surface area contributed by atoms with Crippen LogP contribution in [0.15, 0.2) is 24.3 Å². The Morgan fingerprint density at radius 1 is 1.05 bits per heavy atom. The first-order valence-corrected chi connectivity index (χ1v) is 5.47. The van der Waals surface area contributed by atoms with E-state index >= 15 is 0 Å². The molecule has 21 heavy (non-hydrogen) atoms. The molecular formula is C11H11F7N2O. The Hall–Kier alpha value is -1.55. The van der Waals surface area contributed by atoms with Crippen LogP contribution in [-0.2, 0) is 11.3 Å². The number of nitrogens with one attached hydrogen (secondary N) is 1. The van der Waals surface area contributed by atoms with Crippen LogP contribution in [0.2, 0.25) is 0 Å². The second-order valence-electron chi connectivity index (χ2n) is 4.11. The summed E-state index contributed by atoms with van der Waals surface area (Å²) < 4.78 is 90.9. The average Bonchev–Trinajstić information content (AvgIpc) is 2.37. The van der Waals surface area contributed by atoms with E-state index in [-0.39, 0.29) is 5.56 Å². The molecule has 0 saturated heterocycles. The molecule has 1 aromatic rings. The van der Waals surface area contributed by atoms with Gasteiger partial charge in [0.15, 0.2) is 0 Å². The van der Waals surface area contributed by atoms with E-state index in [9.17, 15) is 30.7 Å². The second-order valence-corrected chi connectivity index (χ2v) is 4.11. The van der Waals surface area contributed by atoms with Gasteiger partial charge >= 0.3 is 18.0 Å². The van der Waals surface area contributed by atoms with Crippen LogP contribution in [0.3, 0.4) is 0 Å². The highest BCUT2D eigenvalue weighted by atomic mass is 19.4. The van der Waals surface area contributed by atoms with E-state index in [2.05, 4.69) is 10.2 Å². The predicted octanol–water partition coefficient (Wildman–Crippen LogP) is 3.32. The van der Waals surface area contributed by atoms with Gasteiger partial charge in [0, 0.05) is 5.69 Å². The summed E-state index contributed by atoms with van der Waals surface area (Å²) in [5.74, 6) is -6.45. The summed E-state index contributed by atoms with van der Waals surface area (Å²) in [5.41, 5.74) is 2.91. The van der Waals surface area contributed by atoms with Crippen molar-refractivity contribution >= 4 is 5.69 Å². The number of anilines is 1. The third-order valence-corrected chi connectivity index (χ3v) is 2.46. The molecule has 3 nitrogen and oxygen atoms in total. The Bertz CT molecular complexity index is 476. The molecule has 1 rings (SSSR count). The van der Waals surface area contributed by atoms with Crippen molar-refractivity contribution in [2.45, 2.75) is 24.6 Å². The lowest BCUT2D eigenvalue weighted by atomic mass is 10.1. The summed E-state index contributed by atoms with van der Waals surface area (Å²) in [5, 5.41) is 0. The van der Waals surface area contributed by atoms with Gasteiger partial charge in [-0.25, -0.2) is 0 Å². The second kappa shape index (κ2) is 6.06. The minimum Gasteiger partial charge on any atom is -0.370 e. The Morgan fingerprint density at radius 2 is 1.67 bits per heavy atom. The maximum atomic E-state index is 12.9. The predicted molar refractivity (Wildman–Crippen MR) is 59.9 cm³/mol. The summed E-state index contributed by atoms with van der Waals surface area (Å²) >= 11 is 0. The first kappa shape index (κ1) is 17.5. The fourth-order valence-electron chi connectivity index (χ4n) is 1.35. The molecule has 0 amide bonds. The molecule has 0 aliphatic rings. The number of benzene rings is 1. The minimum absolute atomic E-state index is 0.275. The zero-order valence-electron chi connectivity index (χ0n) is 10.4. The average molecular weight is 320 g/mol. The van der Waals surface area contributed by atoms with E-state index in [1.54, 1.807) is 0 Å². The Balaban J connectivity index is 2.65. The Kier molecular flexibility index (Phi) is 5.05. The van der Waals surface area contributed by atoms with Crippen LogP contribution in [0.5, 0.6) is 0 Å². The van der Waals surface area contributed by atoms with Crippen LogP contribution in [0.4, 0.5) is 36.4 Å². The minimum atomic E-state index is -6.36. The van der Waals surface area contributed by atoms with Crippen molar-refractivity contribution < 1.29 is 35.5 Å². The largest absolute Gasteiger partial charge is 0.459 e. The van der Waals surface area contributed by atoms with E-state index in [0.717, 1.165) is 0 Å². The van der Waals surface area contributed by atoms with Crippen molar-refractivity contribution in [1.82, 2.24) is 0 Å². The molecule has 0 bridgehead atoms. The van der Waals surface area contributed by atoms with Crippen LogP contribution in [0, 0.1) is 0 Å². The number of nitrogen functional groups attached to an aromatic ring is 1. The van der Waals surface area contributed by atoms with Crippen molar-refractivity contribution in [2.75, 3.05) is 12.0 Å². The van der Waals surface area contributed by atoms with E-state index < -0.39 is 31.2 Å². The van der Waals surface area contributed by atoms with Crippen molar-refractivity contribution in [3.8, 4) is 0 Å². The SMILES string of the molecule is NNc1cccc(COCC(F)(F)C(F)(F)C(F)(F)F)c1. The van der Waals surface area contributed by atoms with Gasteiger partial charge in [-0.1, -0.05) is 12.1 Å². The standard InChI is InChI=1S/C11H11F7N2O/c12-9(13,10(14,15)11(16,17)18)6-21-5-7-2-1-3-8(4-7)20-19/h1-4,20H,5-6,19H2. The Labute approximate surface area is 114 Å². The summed E-state index contributed by atoms with van der Waals surface area (Å²) in [7, 11) is 0. The highest BCUT2D eigenvalue weighted by molar-refractivity contribution is 5.44.